The first-order valence-electron chi connectivity index (χ1n) is 8.17. The molecule has 0 saturated heterocycles. The van der Waals surface area contributed by atoms with Gasteiger partial charge >= 0.3 is 6.03 Å². The molecule has 8 heteroatoms. The summed E-state index contributed by atoms with van der Waals surface area (Å²) < 4.78 is 10.9. The zero-order valence-electron chi connectivity index (χ0n) is 14.6. The van der Waals surface area contributed by atoms with Gasteiger partial charge in [0.25, 0.3) is 0 Å². The molecular formula is C19H16N4O4. The van der Waals surface area contributed by atoms with Crippen molar-refractivity contribution >= 4 is 34.6 Å². The van der Waals surface area contributed by atoms with Crippen LogP contribution in [-0.4, -0.2) is 35.9 Å². The topological polar surface area (TPSA) is 105 Å². The van der Waals surface area contributed by atoms with E-state index >= 15 is 0 Å². The summed E-state index contributed by atoms with van der Waals surface area (Å²) in [7, 11) is 3.08. The van der Waals surface area contributed by atoms with Crippen molar-refractivity contribution in [3.8, 4) is 11.5 Å². The van der Waals surface area contributed by atoms with Crippen molar-refractivity contribution in [3.63, 3.8) is 0 Å². The minimum absolute atomic E-state index is 0.200. The molecule has 3 heterocycles. The number of hydrogen-bond donors (Lipinski definition) is 3. The van der Waals surface area contributed by atoms with Gasteiger partial charge in [-0.25, -0.2) is 9.78 Å². The maximum Gasteiger partial charge on any atom is 0.318 e. The van der Waals surface area contributed by atoms with Crippen LogP contribution < -0.4 is 20.1 Å². The molecule has 0 unspecified atom stereocenters. The summed E-state index contributed by atoms with van der Waals surface area (Å²) in [6, 6.07) is 6.39. The number of H-pyrrole nitrogens is 1. The van der Waals surface area contributed by atoms with Gasteiger partial charge in [-0.3, -0.25) is 4.79 Å². The third-order valence-corrected chi connectivity index (χ3v) is 4.21. The van der Waals surface area contributed by atoms with Crippen molar-refractivity contribution in [2.24, 2.45) is 0 Å². The van der Waals surface area contributed by atoms with Crippen molar-refractivity contribution in [1.82, 2.24) is 15.3 Å². The molecule has 0 saturated carbocycles. The number of urea groups is 1. The zero-order valence-corrected chi connectivity index (χ0v) is 14.6. The van der Waals surface area contributed by atoms with Crippen molar-refractivity contribution in [1.29, 1.82) is 0 Å². The number of carbonyl (C=O) groups excluding carboxylic acids is 2. The number of ether oxygens (including phenoxy) is 2. The molecular weight excluding hydrogens is 348 g/mol. The van der Waals surface area contributed by atoms with Crippen LogP contribution in [0, 0.1) is 0 Å². The quantitative estimate of drug-likeness (QED) is 0.620. The smallest absolute Gasteiger partial charge is 0.318 e. The number of amides is 2. The summed E-state index contributed by atoms with van der Waals surface area (Å²) in [6.45, 7) is 0. The number of nitrogens with zero attached hydrogens (tertiary/aromatic N) is 1. The highest BCUT2D eigenvalue weighted by Crippen LogP contribution is 2.34. The molecule has 1 aliphatic heterocycles. The maximum atomic E-state index is 12.7. The summed E-state index contributed by atoms with van der Waals surface area (Å²) in [5, 5.41) is 5.91. The van der Waals surface area contributed by atoms with Crippen LogP contribution >= 0.6 is 0 Å². The van der Waals surface area contributed by atoms with Gasteiger partial charge in [-0.1, -0.05) is 0 Å². The van der Waals surface area contributed by atoms with E-state index in [0.717, 1.165) is 10.9 Å². The van der Waals surface area contributed by atoms with Gasteiger partial charge in [0.05, 0.1) is 18.9 Å². The largest absolute Gasteiger partial charge is 0.495 e. The fraction of sp³-hybridized carbons (Fsp3) is 0.105. The highest BCUT2D eigenvalue weighted by molar-refractivity contribution is 6.15. The monoisotopic (exact) mass is 364 g/mol. The van der Waals surface area contributed by atoms with E-state index in [0.29, 0.717) is 28.4 Å². The molecule has 136 valence electrons. The number of pyridine rings is 1. The third kappa shape index (κ3) is 2.97. The first-order chi connectivity index (χ1) is 13.1. The van der Waals surface area contributed by atoms with Gasteiger partial charge in [0.1, 0.15) is 17.1 Å². The first-order valence-corrected chi connectivity index (χ1v) is 8.17. The Kier molecular flexibility index (Phi) is 4.00. The summed E-state index contributed by atoms with van der Waals surface area (Å²) in [5.74, 6) is 1.01. The number of nitrogens with one attached hydrogen (secondary N) is 3. The lowest BCUT2D eigenvalue weighted by Gasteiger charge is -2.04. The molecule has 2 aromatic heterocycles. The van der Waals surface area contributed by atoms with Crippen molar-refractivity contribution in [3.05, 3.63) is 53.5 Å². The van der Waals surface area contributed by atoms with E-state index in [4.69, 9.17) is 9.47 Å². The number of carbonyl (C=O) groups is 2. The summed E-state index contributed by atoms with van der Waals surface area (Å²) in [4.78, 5) is 31.5. The van der Waals surface area contributed by atoms with Crippen LogP contribution in [0.5, 0.6) is 11.5 Å². The van der Waals surface area contributed by atoms with E-state index in [-0.39, 0.29) is 17.6 Å². The number of rotatable bonds is 3. The van der Waals surface area contributed by atoms with E-state index < -0.39 is 0 Å². The number of hydrogen-bond acceptors (Lipinski definition) is 5. The Morgan fingerprint density at radius 1 is 1.33 bits per heavy atom. The summed E-state index contributed by atoms with van der Waals surface area (Å²) >= 11 is 0. The number of methoxy groups -OCH3 is 1. The lowest BCUT2D eigenvalue weighted by molar-refractivity contribution is 0.101. The molecule has 3 N–H and O–H groups in total. The van der Waals surface area contributed by atoms with E-state index in [1.165, 1.54) is 7.05 Å². The first kappa shape index (κ1) is 16.6. The lowest BCUT2D eigenvalue weighted by atomic mass is 10.1. The van der Waals surface area contributed by atoms with E-state index in [2.05, 4.69) is 20.6 Å². The SMILES string of the molecule is CNC(=O)Nc1ccc2c(c1)C(=O)/C(=C/c1c[nH]c3ncc(OC)cc13)O2. The second-order valence-corrected chi connectivity index (χ2v) is 5.87. The van der Waals surface area contributed by atoms with Crippen molar-refractivity contribution < 1.29 is 19.1 Å². The van der Waals surface area contributed by atoms with Crippen LogP contribution in [0.15, 0.2) is 42.4 Å². The Labute approximate surface area is 154 Å². The van der Waals surface area contributed by atoms with Gasteiger partial charge in [0.15, 0.2) is 5.76 Å². The molecule has 3 aromatic rings. The summed E-state index contributed by atoms with van der Waals surface area (Å²) in [5.41, 5.74) is 2.34. The molecule has 0 bridgehead atoms. The Balaban J connectivity index is 1.67. The molecule has 0 aliphatic carbocycles. The molecule has 1 aromatic carbocycles. The van der Waals surface area contributed by atoms with Gasteiger partial charge in [-0.05, 0) is 30.3 Å². The highest BCUT2D eigenvalue weighted by atomic mass is 16.5. The van der Waals surface area contributed by atoms with E-state index in [9.17, 15) is 9.59 Å². The van der Waals surface area contributed by atoms with Gasteiger partial charge in [-0.2, -0.15) is 0 Å². The van der Waals surface area contributed by atoms with Gasteiger partial charge in [-0.15, -0.1) is 0 Å². The van der Waals surface area contributed by atoms with Crippen LogP contribution in [0.2, 0.25) is 0 Å². The van der Waals surface area contributed by atoms with Gasteiger partial charge in [0, 0.05) is 29.9 Å². The third-order valence-electron chi connectivity index (χ3n) is 4.21. The predicted molar refractivity (Wildman–Crippen MR) is 100 cm³/mol. The van der Waals surface area contributed by atoms with Crippen LogP contribution in [-0.2, 0) is 0 Å². The number of fused-ring (bicyclic) bond motifs is 2. The molecule has 0 spiro atoms. The Morgan fingerprint density at radius 2 is 2.19 bits per heavy atom. The van der Waals surface area contributed by atoms with E-state index in [1.807, 2.05) is 6.07 Å². The Bertz CT molecular complexity index is 1100. The molecule has 27 heavy (non-hydrogen) atoms. The molecule has 4 rings (SSSR count). The Morgan fingerprint density at radius 3 is 2.96 bits per heavy atom. The van der Waals surface area contributed by atoms with Gasteiger partial charge < -0.3 is 25.1 Å². The molecule has 0 atom stereocenters. The average molecular weight is 364 g/mol. The normalized spacial score (nSPS) is 14.1. The number of allylic oxidation sites excluding steroid dienone is 1. The van der Waals surface area contributed by atoms with Crippen molar-refractivity contribution in [2.75, 3.05) is 19.5 Å². The van der Waals surface area contributed by atoms with E-state index in [1.54, 1.807) is 43.8 Å². The highest BCUT2D eigenvalue weighted by Gasteiger charge is 2.28. The van der Waals surface area contributed by atoms with Gasteiger partial charge in [0.2, 0.25) is 5.78 Å². The fourth-order valence-corrected chi connectivity index (χ4v) is 2.84. The summed E-state index contributed by atoms with van der Waals surface area (Å²) in [6.07, 6.45) is 5.03. The van der Waals surface area contributed by atoms with Crippen LogP contribution in [0.3, 0.4) is 0 Å². The van der Waals surface area contributed by atoms with Crippen molar-refractivity contribution in [2.45, 2.75) is 0 Å². The zero-order chi connectivity index (χ0) is 19.0. The second kappa shape index (κ2) is 6.49. The molecule has 8 nitrogen and oxygen atoms in total. The lowest BCUT2D eigenvalue weighted by Crippen LogP contribution is -2.24. The number of Topliss-reactive ketones (excluding diaryl/α,β-unsaturated/α-hetero) is 1. The molecule has 1 aliphatic rings. The minimum atomic E-state index is -0.364. The number of aromatic amines is 1. The average Bonchev–Trinajstić information content (AvgIpc) is 3.23. The molecule has 2 amide bonds. The second-order valence-electron chi connectivity index (χ2n) is 5.87. The predicted octanol–water partition coefficient (Wildman–Crippen LogP) is 2.94. The number of ketones is 1. The standard InChI is InChI=1S/C19H16N4O4/c1-20-19(25)23-11-3-4-15-14(6-11)17(24)16(27-15)5-10-8-21-18-13(10)7-12(26-2)9-22-18/h3-9H,1-2H3,(H,21,22)(H2,20,23,25)/b16-5-. The van der Waals surface area contributed by atoms with Crippen LogP contribution in [0.4, 0.5) is 10.5 Å². The number of anilines is 1. The molecule has 0 fully saturated rings. The number of aromatic nitrogens is 2. The fourth-order valence-electron chi connectivity index (χ4n) is 2.84. The molecule has 0 radical (unpaired) electrons. The number of benzene rings is 1. The van der Waals surface area contributed by atoms with Crippen LogP contribution in [0.1, 0.15) is 15.9 Å². The van der Waals surface area contributed by atoms with Crippen LogP contribution in [0.25, 0.3) is 17.1 Å². The Hall–Kier alpha value is -3.81. The minimum Gasteiger partial charge on any atom is -0.495 e. The maximum absolute atomic E-state index is 12.7.